The second-order valence-electron chi connectivity index (χ2n) is 3.99. The Hall–Kier alpha value is -0.780. The van der Waals surface area contributed by atoms with E-state index in [-0.39, 0.29) is 5.15 Å². The van der Waals surface area contributed by atoms with Gasteiger partial charge in [-0.1, -0.05) is 30.1 Å². The largest absolute Gasteiger partial charge is 0.223 e. The highest BCUT2D eigenvalue weighted by Gasteiger charge is 2.23. The lowest BCUT2D eigenvalue weighted by molar-refractivity contribution is 0.499. The maximum atomic E-state index is 9.01. The molecule has 1 unspecified atom stereocenters. The fourth-order valence-electron chi connectivity index (χ4n) is 2.05. The van der Waals surface area contributed by atoms with Crippen molar-refractivity contribution in [2.75, 3.05) is 0 Å². The van der Waals surface area contributed by atoms with E-state index in [2.05, 4.69) is 18.0 Å². The molecule has 1 aliphatic rings. The van der Waals surface area contributed by atoms with Crippen molar-refractivity contribution in [3.05, 3.63) is 27.0 Å². The predicted molar refractivity (Wildman–Crippen MR) is 60.2 cm³/mol. The van der Waals surface area contributed by atoms with E-state index in [0.29, 0.717) is 16.6 Å². The maximum absolute atomic E-state index is 9.01. The molecule has 0 fully saturated rings. The average molecular weight is 241 g/mol. The molecule has 0 radical (unpaired) electrons. The van der Waals surface area contributed by atoms with Crippen molar-refractivity contribution in [3.8, 4) is 6.07 Å². The van der Waals surface area contributed by atoms with Crippen molar-refractivity contribution in [2.45, 2.75) is 26.2 Å². The number of nitrogens with zero attached hydrogens (tertiary/aromatic N) is 2. The third-order valence-electron chi connectivity index (χ3n) is 2.87. The van der Waals surface area contributed by atoms with E-state index in [1.807, 2.05) is 0 Å². The first-order chi connectivity index (χ1) is 7.13. The molecule has 0 spiro atoms. The summed E-state index contributed by atoms with van der Waals surface area (Å²) in [6.45, 7) is 2.18. The predicted octanol–water partition coefficient (Wildman–Crippen LogP) is 3.38. The summed E-state index contributed by atoms with van der Waals surface area (Å²) in [6, 6.07) is 2.11. The van der Waals surface area contributed by atoms with E-state index in [4.69, 9.17) is 28.5 Å². The summed E-state index contributed by atoms with van der Waals surface area (Å²) in [4.78, 5) is 4.00. The Morgan fingerprint density at radius 2 is 2.07 bits per heavy atom. The zero-order chi connectivity index (χ0) is 11.0. The number of nitriles is 1. The Kier molecular flexibility index (Phi) is 2.86. The summed E-state index contributed by atoms with van der Waals surface area (Å²) in [5, 5.41) is 9.70. The van der Waals surface area contributed by atoms with Crippen molar-refractivity contribution < 1.29 is 0 Å². The van der Waals surface area contributed by atoms with Gasteiger partial charge in [-0.2, -0.15) is 5.26 Å². The zero-order valence-electron chi connectivity index (χ0n) is 8.35. The van der Waals surface area contributed by atoms with Crippen LogP contribution in [0.15, 0.2) is 0 Å². The van der Waals surface area contributed by atoms with Crippen LogP contribution < -0.4 is 0 Å². The van der Waals surface area contributed by atoms with Crippen LogP contribution in [0.3, 0.4) is 0 Å². The fourth-order valence-corrected chi connectivity index (χ4v) is 2.61. The second-order valence-corrected chi connectivity index (χ2v) is 4.70. The Bertz CT molecular complexity index is 449. The van der Waals surface area contributed by atoms with Gasteiger partial charge in [-0.05, 0) is 36.3 Å². The van der Waals surface area contributed by atoms with Crippen LogP contribution in [0, 0.1) is 17.2 Å². The van der Waals surface area contributed by atoms with Crippen molar-refractivity contribution in [3.63, 3.8) is 0 Å². The van der Waals surface area contributed by atoms with Gasteiger partial charge in [0.1, 0.15) is 16.4 Å². The number of hydrogen-bond donors (Lipinski definition) is 0. The molecule has 78 valence electrons. The summed E-state index contributed by atoms with van der Waals surface area (Å²) in [5.41, 5.74) is 2.51. The second kappa shape index (κ2) is 4.00. The maximum Gasteiger partial charge on any atom is 0.148 e. The van der Waals surface area contributed by atoms with Crippen molar-refractivity contribution in [1.82, 2.24) is 4.98 Å². The van der Waals surface area contributed by atoms with Crippen LogP contribution in [-0.2, 0) is 12.8 Å². The lowest BCUT2D eigenvalue weighted by atomic mass is 9.84. The topological polar surface area (TPSA) is 36.7 Å². The number of pyridine rings is 1. The summed E-state index contributed by atoms with van der Waals surface area (Å²) in [6.07, 6.45) is 2.85. The van der Waals surface area contributed by atoms with Crippen LogP contribution in [-0.4, -0.2) is 4.98 Å². The van der Waals surface area contributed by atoms with Crippen molar-refractivity contribution in [2.24, 2.45) is 5.92 Å². The Balaban J connectivity index is 2.63. The van der Waals surface area contributed by atoms with E-state index in [0.717, 1.165) is 30.4 Å². The number of halogens is 2. The molecule has 0 aromatic carbocycles. The smallest absolute Gasteiger partial charge is 0.148 e. The quantitative estimate of drug-likeness (QED) is 0.653. The standard InChI is InChI=1S/C11H10Cl2N2/c1-6-2-3-7-8(4-6)10(12)15-11(13)9(7)5-14/h6H,2-4H2,1H3. The molecule has 2 nitrogen and oxygen atoms in total. The summed E-state index contributed by atoms with van der Waals surface area (Å²) < 4.78 is 0. The van der Waals surface area contributed by atoms with Crippen LogP contribution in [0.2, 0.25) is 10.3 Å². The van der Waals surface area contributed by atoms with Gasteiger partial charge in [-0.3, -0.25) is 0 Å². The normalized spacial score (nSPS) is 19.5. The molecular formula is C11H10Cl2N2. The summed E-state index contributed by atoms with van der Waals surface area (Å²) in [7, 11) is 0. The first-order valence-electron chi connectivity index (χ1n) is 4.90. The molecule has 0 saturated carbocycles. The number of hydrogen-bond acceptors (Lipinski definition) is 2. The molecule has 0 aliphatic heterocycles. The SMILES string of the molecule is CC1CCc2c(C#N)c(Cl)nc(Cl)c2C1. The van der Waals surface area contributed by atoms with Gasteiger partial charge in [0.15, 0.2) is 0 Å². The lowest BCUT2D eigenvalue weighted by Gasteiger charge is -2.23. The fraction of sp³-hybridized carbons (Fsp3) is 0.455. The minimum absolute atomic E-state index is 0.232. The molecule has 0 amide bonds. The van der Waals surface area contributed by atoms with Crippen LogP contribution in [0.25, 0.3) is 0 Å². The molecule has 1 aliphatic carbocycles. The van der Waals surface area contributed by atoms with Gasteiger partial charge in [0, 0.05) is 0 Å². The Labute approximate surface area is 98.8 Å². The highest BCUT2D eigenvalue weighted by Crippen LogP contribution is 2.34. The average Bonchev–Trinajstić information content (AvgIpc) is 2.19. The minimum atomic E-state index is 0.232. The first kappa shape index (κ1) is 10.7. The van der Waals surface area contributed by atoms with Gasteiger partial charge < -0.3 is 0 Å². The van der Waals surface area contributed by atoms with Crippen molar-refractivity contribution in [1.29, 1.82) is 5.26 Å². The molecule has 1 heterocycles. The van der Waals surface area contributed by atoms with Gasteiger partial charge in [0.05, 0.1) is 5.56 Å². The molecule has 1 atom stereocenters. The lowest BCUT2D eigenvalue weighted by Crippen LogP contribution is -2.14. The minimum Gasteiger partial charge on any atom is -0.223 e. The van der Waals surface area contributed by atoms with E-state index < -0.39 is 0 Å². The third kappa shape index (κ3) is 1.82. The highest BCUT2D eigenvalue weighted by atomic mass is 35.5. The van der Waals surface area contributed by atoms with Gasteiger partial charge in [0.2, 0.25) is 0 Å². The first-order valence-corrected chi connectivity index (χ1v) is 5.66. The monoisotopic (exact) mass is 240 g/mol. The van der Waals surface area contributed by atoms with E-state index in [1.165, 1.54) is 0 Å². The summed E-state index contributed by atoms with van der Waals surface area (Å²) in [5.74, 6) is 0.601. The van der Waals surface area contributed by atoms with Gasteiger partial charge in [-0.25, -0.2) is 4.98 Å². The molecule has 1 aromatic heterocycles. The molecule has 4 heteroatoms. The number of fused-ring (bicyclic) bond motifs is 1. The van der Waals surface area contributed by atoms with E-state index in [1.54, 1.807) is 0 Å². The highest BCUT2D eigenvalue weighted by molar-refractivity contribution is 6.33. The Morgan fingerprint density at radius 3 is 2.73 bits per heavy atom. The number of aromatic nitrogens is 1. The van der Waals surface area contributed by atoms with Gasteiger partial charge >= 0.3 is 0 Å². The third-order valence-corrected chi connectivity index (χ3v) is 3.46. The zero-order valence-corrected chi connectivity index (χ0v) is 9.86. The molecule has 0 saturated heterocycles. The van der Waals surface area contributed by atoms with Gasteiger partial charge in [-0.15, -0.1) is 0 Å². The van der Waals surface area contributed by atoms with Gasteiger partial charge in [0.25, 0.3) is 0 Å². The molecule has 1 aromatic rings. The number of rotatable bonds is 0. The van der Waals surface area contributed by atoms with Crippen LogP contribution >= 0.6 is 23.2 Å². The van der Waals surface area contributed by atoms with Crippen LogP contribution in [0.1, 0.15) is 30.0 Å². The van der Waals surface area contributed by atoms with Crippen LogP contribution in [0.4, 0.5) is 0 Å². The van der Waals surface area contributed by atoms with E-state index in [9.17, 15) is 0 Å². The van der Waals surface area contributed by atoms with E-state index >= 15 is 0 Å². The molecule has 0 bridgehead atoms. The molecular weight excluding hydrogens is 231 g/mol. The molecule has 0 N–H and O–H groups in total. The van der Waals surface area contributed by atoms with Crippen molar-refractivity contribution >= 4 is 23.2 Å². The summed E-state index contributed by atoms with van der Waals surface area (Å²) >= 11 is 11.9. The molecule has 2 rings (SSSR count). The molecule has 15 heavy (non-hydrogen) atoms. The van der Waals surface area contributed by atoms with Crippen LogP contribution in [0.5, 0.6) is 0 Å². The Morgan fingerprint density at radius 1 is 1.33 bits per heavy atom.